The van der Waals surface area contributed by atoms with E-state index in [1.54, 1.807) is 18.2 Å². The van der Waals surface area contributed by atoms with E-state index in [0.29, 0.717) is 5.46 Å². The third kappa shape index (κ3) is 8.59. The van der Waals surface area contributed by atoms with Crippen molar-refractivity contribution in [3.8, 4) is 0 Å². The molecule has 0 aromatic heterocycles. The summed E-state index contributed by atoms with van der Waals surface area (Å²) in [5, 5.41) is 0. The summed E-state index contributed by atoms with van der Waals surface area (Å²) in [7, 11) is -0.839. The molecule has 0 amide bonds. The zero-order valence-corrected chi connectivity index (χ0v) is 6.73. The summed E-state index contributed by atoms with van der Waals surface area (Å²) in [6.07, 6.45) is -4.10. The van der Waals surface area contributed by atoms with Gasteiger partial charge in [-0.2, -0.15) is 13.2 Å². The summed E-state index contributed by atoms with van der Waals surface area (Å²) < 4.78 is 35.2. The van der Waals surface area contributed by atoms with Crippen molar-refractivity contribution in [1.82, 2.24) is 0 Å². The quantitative estimate of drug-likeness (QED) is 0.541. The van der Waals surface area contributed by atoms with Gasteiger partial charge in [0.15, 0.2) is 0 Å². The van der Waals surface area contributed by atoms with Gasteiger partial charge in [0.1, 0.15) is 0 Å². The molecule has 0 unspecified atom stereocenters. The molecule has 0 aliphatic carbocycles. The van der Waals surface area contributed by atoms with E-state index in [0.717, 1.165) is 0 Å². The Morgan fingerprint density at radius 2 is 1.36 bits per heavy atom. The van der Waals surface area contributed by atoms with Gasteiger partial charge >= 0.3 is 35.6 Å². The van der Waals surface area contributed by atoms with Gasteiger partial charge in [-0.15, -0.1) is 0 Å². The van der Waals surface area contributed by atoms with Crippen LogP contribution in [0.3, 0.4) is 0 Å². The molecule has 0 heterocycles. The Hall–Kier alpha value is -0.00506. The normalized spacial score (nSPS) is 8.79. The Morgan fingerprint density at radius 3 is 1.71 bits per heavy atom. The number of benzene rings is 1. The first-order chi connectivity index (χ1) is 5.08. The maximum absolute atomic E-state index is 11.7. The third-order valence-electron chi connectivity index (χ3n) is 1.25. The fraction of sp³-hybridized carbons (Fsp3) is 0.143. The van der Waals surface area contributed by atoms with Crippen LogP contribution in [0.15, 0.2) is 30.3 Å². The molecule has 1 aromatic carbocycles. The van der Waals surface area contributed by atoms with Gasteiger partial charge in [0.25, 0.3) is 7.28 Å². The van der Waals surface area contributed by atoms with Crippen molar-refractivity contribution < 1.29 is 24.1 Å². The van der Waals surface area contributed by atoms with Crippen LogP contribution in [0.4, 0.5) is 13.2 Å². The number of rotatable bonds is 1. The van der Waals surface area contributed by atoms with E-state index in [2.05, 4.69) is 0 Å². The fourth-order valence-corrected chi connectivity index (χ4v) is 0.827. The molecule has 1 rings (SSSR count). The molecule has 0 spiro atoms. The molecule has 0 aliphatic heterocycles. The summed E-state index contributed by atoms with van der Waals surface area (Å²) in [5.41, 5.74) is 0.306. The molecule has 4 N–H and O–H groups in total. The van der Waals surface area contributed by atoms with E-state index in [1.807, 2.05) is 0 Å². The van der Waals surface area contributed by atoms with Crippen LogP contribution in [0.1, 0.15) is 0 Å². The van der Waals surface area contributed by atoms with Gasteiger partial charge in [0.05, 0.1) is 0 Å². The topological polar surface area (TPSA) is 63.0 Å². The second-order valence-corrected chi connectivity index (χ2v) is 2.28. The Balaban J connectivity index is -0.000000403. The van der Waals surface area contributed by atoms with E-state index in [4.69, 9.17) is 0 Å². The zero-order valence-electron chi connectivity index (χ0n) is 6.73. The molecule has 0 saturated heterocycles. The van der Waals surface area contributed by atoms with Crippen LogP contribution in [-0.4, -0.2) is 53.9 Å². The van der Waals surface area contributed by atoms with Crippen LogP contribution in [0.25, 0.3) is 0 Å². The van der Waals surface area contributed by atoms with Crippen molar-refractivity contribution in [3.63, 3.8) is 0 Å². The molecule has 2 nitrogen and oxygen atoms in total. The van der Waals surface area contributed by atoms with Gasteiger partial charge in [-0.05, 0) is 0 Å². The van der Waals surface area contributed by atoms with E-state index >= 15 is 0 Å². The Bertz CT molecular complexity index is 230. The van der Waals surface area contributed by atoms with Crippen LogP contribution in [-0.2, 0) is 0 Å². The molecule has 0 saturated carbocycles. The second-order valence-electron chi connectivity index (χ2n) is 2.28. The van der Waals surface area contributed by atoms with Gasteiger partial charge in [0.2, 0.25) is 0 Å². The summed E-state index contributed by atoms with van der Waals surface area (Å²) in [5.74, 6) is 0. The van der Waals surface area contributed by atoms with Crippen molar-refractivity contribution in [3.05, 3.63) is 30.3 Å². The molecular formula is C7H11BF3NaO2. The van der Waals surface area contributed by atoms with Crippen molar-refractivity contribution in [2.75, 3.05) is 0 Å². The minimum atomic E-state index is -4.10. The maximum atomic E-state index is 11.7. The minimum absolute atomic E-state index is 0. The zero-order chi connectivity index (χ0) is 8.32. The van der Waals surface area contributed by atoms with E-state index in [9.17, 15) is 13.2 Å². The van der Waals surface area contributed by atoms with Gasteiger partial charge in [-0.3, -0.25) is 0 Å². The first kappa shape index (κ1) is 19.5. The van der Waals surface area contributed by atoms with E-state index in [-0.39, 0.29) is 40.5 Å². The van der Waals surface area contributed by atoms with Crippen molar-refractivity contribution in [2.24, 2.45) is 0 Å². The Kier molecular flexibility index (Phi) is 11.6. The molecular weight excluding hydrogens is 207 g/mol. The number of alkyl halides is 3. The van der Waals surface area contributed by atoms with Crippen LogP contribution in [0, 0.1) is 0 Å². The monoisotopic (exact) mass is 218 g/mol. The molecule has 0 bridgehead atoms. The van der Waals surface area contributed by atoms with Crippen LogP contribution in [0.5, 0.6) is 0 Å². The van der Waals surface area contributed by atoms with E-state index in [1.165, 1.54) is 12.1 Å². The molecule has 76 valence electrons. The molecule has 1 aromatic rings. The van der Waals surface area contributed by atoms with Crippen LogP contribution < -0.4 is 5.46 Å². The molecule has 14 heavy (non-hydrogen) atoms. The van der Waals surface area contributed by atoms with Gasteiger partial charge < -0.3 is 11.0 Å². The SMILES string of the molecule is FC(F)(F)Bc1ccccc1.O.O.[NaH]. The second kappa shape index (κ2) is 8.32. The first-order valence-electron chi connectivity index (χ1n) is 3.18. The summed E-state index contributed by atoms with van der Waals surface area (Å²) in [4.78, 5) is 0. The number of hydrogen-bond donors (Lipinski definition) is 0. The van der Waals surface area contributed by atoms with Gasteiger partial charge in [0, 0.05) is 0 Å². The predicted octanol–water partition coefficient (Wildman–Crippen LogP) is -1.03. The van der Waals surface area contributed by atoms with Crippen molar-refractivity contribution in [2.45, 2.75) is 6.08 Å². The summed E-state index contributed by atoms with van der Waals surface area (Å²) >= 11 is 0. The summed E-state index contributed by atoms with van der Waals surface area (Å²) in [6, 6.07) is 7.82. The third-order valence-corrected chi connectivity index (χ3v) is 1.25. The van der Waals surface area contributed by atoms with Crippen LogP contribution >= 0.6 is 0 Å². The van der Waals surface area contributed by atoms with Crippen molar-refractivity contribution in [1.29, 1.82) is 0 Å². The number of hydrogen-bond acceptors (Lipinski definition) is 0. The number of halogens is 3. The molecule has 0 aliphatic rings. The van der Waals surface area contributed by atoms with Gasteiger partial charge in [-0.25, -0.2) is 0 Å². The molecule has 0 fully saturated rings. The average Bonchev–Trinajstić information content (AvgIpc) is 1.85. The Morgan fingerprint density at radius 1 is 0.929 bits per heavy atom. The van der Waals surface area contributed by atoms with Gasteiger partial charge in [-0.1, -0.05) is 35.8 Å². The van der Waals surface area contributed by atoms with E-state index < -0.39 is 13.4 Å². The molecule has 0 radical (unpaired) electrons. The Labute approximate surface area is 103 Å². The fourth-order valence-electron chi connectivity index (χ4n) is 0.827. The summed E-state index contributed by atoms with van der Waals surface area (Å²) in [6.45, 7) is 0. The first-order valence-corrected chi connectivity index (χ1v) is 3.18. The standard InChI is InChI=1S/C7H6BF3.Na.2H2O.H/c9-7(10,11)8-6-4-2-1-3-5-6;;;;/h1-5,8H;;2*1H2;. The van der Waals surface area contributed by atoms with Crippen LogP contribution in [0.2, 0.25) is 0 Å². The average molecular weight is 218 g/mol. The molecule has 7 heteroatoms. The predicted molar refractivity (Wildman–Crippen MR) is 53.7 cm³/mol. The van der Waals surface area contributed by atoms with Crippen molar-refractivity contribution >= 4 is 42.3 Å². The molecule has 0 atom stereocenters.